The lowest BCUT2D eigenvalue weighted by Crippen LogP contribution is -2.11. The van der Waals surface area contributed by atoms with Crippen molar-refractivity contribution in [1.82, 2.24) is 0 Å². The molecule has 0 spiro atoms. The topological polar surface area (TPSA) is 102 Å². The summed E-state index contributed by atoms with van der Waals surface area (Å²) in [5, 5.41) is 19.8. The Hall–Kier alpha value is -2.43. The van der Waals surface area contributed by atoms with Crippen LogP contribution in [0.5, 0.6) is 0 Å². The molecule has 1 rings (SSSR count). The van der Waals surface area contributed by atoms with E-state index in [1.54, 1.807) is 6.07 Å². The molecule has 0 aliphatic rings. The van der Waals surface area contributed by atoms with E-state index < -0.39 is 10.9 Å². The van der Waals surface area contributed by atoms with E-state index in [1.807, 2.05) is 0 Å². The van der Waals surface area contributed by atoms with E-state index >= 15 is 0 Å². The highest BCUT2D eigenvalue weighted by Crippen LogP contribution is 2.24. The SMILES string of the molecule is COCCOC(=O)/C(C#N)=C/c1cc([N+](=O)[O-])ccc1Cl. The summed E-state index contributed by atoms with van der Waals surface area (Å²) >= 11 is 5.88. The first kappa shape index (κ1) is 16.6. The second-order valence-electron chi connectivity index (χ2n) is 3.76. The van der Waals surface area contributed by atoms with E-state index in [4.69, 9.17) is 26.3 Å². The summed E-state index contributed by atoms with van der Waals surface area (Å²) < 4.78 is 9.50. The molecule has 0 amide bonds. The van der Waals surface area contributed by atoms with E-state index in [1.165, 1.54) is 25.3 Å². The number of carbonyl (C=O) groups excluding carboxylic acids is 1. The number of nitro benzene ring substituents is 1. The van der Waals surface area contributed by atoms with Crippen LogP contribution in [0.2, 0.25) is 5.02 Å². The van der Waals surface area contributed by atoms with Crippen molar-refractivity contribution in [2.75, 3.05) is 20.3 Å². The molecule has 0 N–H and O–H groups in total. The van der Waals surface area contributed by atoms with Gasteiger partial charge in [-0.25, -0.2) is 4.79 Å². The van der Waals surface area contributed by atoms with Gasteiger partial charge in [0.25, 0.3) is 5.69 Å². The van der Waals surface area contributed by atoms with E-state index in [0.717, 1.165) is 6.08 Å². The maximum atomic E-state index is 11.6. The van der Waals surface area contributed by atoms with Crippen molar-refractivity contribution < 1.29 is 19.2 Å². The molecular formula is C13H11ClN2O5. The van der Waals surface area contributed by atoms with Gasteiger partial charge < -0.3 is 9.47 Å². The highest BCUT2D eigenvalue weighted by Gasteiger charge is 2.14. The molecule has 21 heavy (non-hydrogen) atoms. The molecule has 0 aromatic heterocycles. The van der Waals surface area contributed by atoms with Crippen molar-refractivity contribution in [2.24, 2.45) is 0 Å². The molecule has 0 heterocycles. The Bertz CT molecular complexity index is 621. The van der Waals surface area contributed by atoms with Gasteiger partial charge in [-0.15, -0.1) is 0 Å². The van der Waals surface area contributed by atoms with Crippen molar-refractivity contribution in [3.63, 3.8) is 0 Å². The summed E-state index contributed by atoms with van der Waals surface area (Å²) in [5.41, 5.74) is -0.324. The van der Waals surface area contributed by atoms with Gasteiger partial charge in [-0.05, 0) is 12.1 Å². The van der Waals surface area contributed by atoms with E-state index in [9.17, 15) is 14.9 Å². The van der Waals surface area contributed by atoms with Gasteiger partial charge >= 0.3 is 5.97 Å². The van der Waals surface area contributed by atoms with Crippen molar-refractivity contribution in [3.05, 3.63) is 44.5 Å². The van der Waals surface area contributed by atoms with E-state index in [0.29, 0.717) is 0 Å². The molecule has 7 nitrogen and oxygen atoms in total. The molecule has 0 saturated carbocycles. The fourth-order valence-electron chi connectivity index (χ4n) is 1.34. The third kappa shape index (κ3) is 4.87. The average molecular weight is 311 g/mol. The van der Waals surface area contributed by atoms with Crippen LogP contribution in [0, 0.1) is 21.4 Å². The number of benzene rings is 1. The fourth-order valence-corrected chi connectivity index (χ4v) is 1.52. The standard InChI is InChI=1S/C13H11ClN2O5/c1-20-4-5-21-13(17)10(8-15)6-9-7-11(16(18)19)2-3-12(9)14/h2-3,6-7H,4-5H2,1H3/b10-6+. The second-order valence-corrected chi connectivity index (χ2v) is 4.17. The summed E-state index contributed by atoms with van der Waals surface area (Å²) in [6.07, 6.45) is 1.14. The van der Waals surface area contributed by atoms with Crippen molar-refractivity contribution in [1.29, 1.82) is 5.26 Å². The van der Waals surface area contributed by atoms with Crippen LogP contribution in [-0.2, 0) is 14.3 Å². The molecule has 0 atom stereocenters. The summed E-state index contributed by atoms with van der Waals surface area (Å²) in [6.45, 7) is 0.193. The van der Waals surface area contributed by atoms with Gasteiger partial charge in [0.05, 0.1) is 11.5 Å². The second kappa shape index (κ2) is 7.99. The zero-order chi connectivity index (χ0) is 15.8. The Morgan fingerprint density at radius 3 is 2.81 bits per heavy atom. The molecule has 110 valence electrons. The number of non-ortho nitro benzene ring substituents is 1. The Balaban J connectivity index is 3.03. The average Bonchev–Trinajstić information content (AvgIpc) is 2.46. The molecule has 0 saturated heterocycles. The monoisotopic (exact) mass is 310 g/mol. The molecule has 0 radical (unpaired) electrons. The predicted molar refractivity (Wildman–Crippen MR) is 74.5 cm³/mol. The third-order valence-corrected chi connectivity index (χ3v) is 2.70. The first-order chi connectivity index (χ1) is 9.99. The maximum Gasteiger partial charge on any atom is 0.348 e. The Labute approximate surface area is 125 Å². The summed E-state index contributed by atoms with van der Waals surface area (Å²) in [5.74, 6) is -0.850. The lowest BCUT2D eigenvalue weighted by molar-refractivity contribution is -0.384. The highest BCUT2D eigenvalue weighted by molar-refractivity contribution is 6.32. The molecular weight excluding hydrogens is 300 g/mol. The van der Waals surface area contributed by atoms with Crippen LogP contribution < -0.4 is 0 Å². The van der Waals surface area contributed by atoms with E-state index in [-0.39, 0.29) is 35.1 Å². The minimum absolute atomic E-state index is 0.00295. The van der Waals surface area contributed by atoms with Gasteiger partial charge in [0.15, 0.2) is 0 Å². The molecule has 1 aromatic carbocycles. The van der Waals surface area contributed by atoms with Gasteiger partial charge in [0.1, 0.15) is 18.2 Å². The number of nitriles is 1. The Morgan fingerprint density at radius 2 is 2.24 bits per heavy atom. The smallest absolute Gasteiger partial charge is 0.348 e. The van der Waals surface area contributed by atoms with Gasteiger partial charge in [-0.2, -0.15) is 5.26 Å². The zero-order valence-electron chi connectivity index (χ0n) is 11.0. The van der Waals surface area contributed by atoms with Crippen LogP contribution in [0.1, 0.15) is 5.56 Å². The number of carbonyl (C=O) groups is 1. The number of halogens is 1. The van der Waals surface area contributed by atoms with Crippen molar-refractivity contribution in [2.45, 2.75) is 0 Å². The molecule has 0 unspecified atom stereocenters. The third-order valence-electron chi connectivity index (χ3n) is 2.35. The highest BCUT2D eigenvalue weighted by atomic mass is 35.5. The number of methoxy groups -OCH3 is 1. The normalized spacial score (nSPS) is 10.8. The molecule has 1 aromatic rings. The maximum absolute atomic E-state index is 11.6. The van der Waals surface area contributed by atoms with Gasteiger partial charge in [-0.1, -0.05) is 11.6 Å². The van der Waals surface area contributed by atoms with Crippen LogP contribution >= 0.6 is 11.6 Å². The zero-order valence-corrected chi connectivity index (χ0v) is 11.8. The number of nitro groups is 1. The lowest BCUT2D eigenvalue weighted by atomic mass is 10.1. The quantitative estimate of drug-likeness (QED) is 0.199. The minimum atomic E-state index is -0.850. The van der Waals surface area contributed by atoms with Crippen LogP contribution in [0.3, 0.4) is 0 Å². The van der Waals surface area contributed by atoms with Crippen LogP contribution in [0.15, 0.2) is 23.8 Å². The van der Waals surface area contributed by atoms with Gasteiger partial charge in [-0.3, -0.25) is 10.1 Å². The van der Waals surface area contributed by atoms with Crippen molar-refractivity contribution in [3.8, 4) is 6.07 Å². The number of hydrogen-bond donors (Lipinski definition) is 0. The molecule has 0 aliphatic heterocycles. The number of rotatable bonds is 6. The minimum Gasteiger partial charge on any atom is -0.459 e. The molecule has 0 bridgehead atoms. The predicted octanol–water partition coefficient (Wildman–Crippen LogP) is 2.34. The number of ether oxygens (including phenoxy) is 2. The molecule has 8 heteroatoms. The van der Waals surface area contributed by atoms with Crippen LogP contribution in [-0.4, -0.2) is 31.2 Å². The molecule has 0 aliphatic carbocycles. The van der Waals surface area contributed by atoms with Crippen LogP contribution in [0.25, 0.3) is 6.08 Å². The number of hydrogen-bond acceptors (Lipinski definition) is 6. The Morgan fingerprint density at radius 1 is 1.52 bits per heavy atom. The van der Waals surface area contributed by atoms with Gasteiger partial charge in [0, 0.05) is 29.8 Å². The van der Waals surface area contributed by atoms with Crippen LogP contribution in [0.4, 0.5) is 5.69 Å². The Kier molecular flexibility index (Phi) is 6.33. The molecule has 0 fully saturated rings. The van der Waals surface area contributed by atoms with Crippen molar-refractivity contribution >= 4 is 29.3 Å². The number of esters is 1. The number of nitrogens with zero attached hydrogens (tertiary/aromatic N) is 2. The largest absolute Gasteiger partial charge is 0.459 e. The summed E-state index contributed by atoms with van der Waals surface area (Å²) in [7, 11) is 1.44. The summed E-state index contributed by atoms with van der Waals surface area (Å²) in [6, 6.07) is 5.38. The first-order valence-electron chi connectivity index (χ1n) is 5.71. The lowest BCUT2D eigenvalue weighted by Gasteiger charge is -2.03. The van der Waals surface area contributed by atoms with Gasteiger partial charge in [0.2, 0.25) is 0 Å². The fraction of sp³-hybridized carbons (Fsp3) is 0.231. The summed E-state index contributed by atoms with van der Waals surface area (Å²) in [4.78, 5) is 21.7. The van der Waals surface area contributed by atoms with E-state index in [2.05, 4.69) is 0 Å². The first-order valence-corrected chi connectivity index (χ1v) is 6.09.